The summed E-state index contributed by atoms with van der Waals surface area (Å²) in [6.07, 6.45) is 1.37. The van der Waals surface area contributed by atoms with Gasteiger partial charge < -0.3 is 14.8 Å². The number of pyridine rings is 1. The van der Waals surface area contributed by atoms with Gasteiger partial charge in [-0.3, -0.25) is 15.1 Å². The molecule has 11 heteroatoms. The van der Waals surface area contributed by atoms with E-state index in [9.17, 15) is 9.18 Å². The van der Waals surface area contributed by atoms with E-state index in [0.29, 0.717) is 29.5 Å². The molecule has 158 valence electrons. The standard InChI is InChI=1S/C19H19ClFN5O3S/c1-10-8-11(15-14(29-3)5-4-13(20)16(15)21)12(9-23-10)17(27)24-19-26-25-18(30-19)22-6-7-28-2/h4-5,8-9H,6-7H2,1-3H3,(H,22,25)(H,24,26,27). The fourth-order valence-electron chi connectivity index (χ4n) is 2.67. The molecule has 0 bridgehead atoms. The van der Waals surface area contributed by atoms with Gasteiger partial charge in [0.25, 0.3) is 5.91 Å². The number of benzene rings is 1. The molecule has 0 spiro atoms. The molecule has 0 saturated carbocycles. The van der Waals surface area contributed by atoms with Crippen molar-refractivity contribution < 1.29 is 18.7 Å². The summed E-state index contributed by atoms with van der Waals surface area (Å²) >= 11 is 7.13. The number of methoxy groups -OCH3 is 2. The van der Waals surface area contributed by atoms with E-state index in [4.69, 9.17) is 21.1 Å². The van der Waals surface area contributed by atoms with Gasteiger partial charge in [-0.15, -0.1) is 10.2 Å². The molecule has 1 amide bonds. The van der Waals surface area contributed by atoms with Crippen molar-refractivity contribution in [1.82, 2.24) is 15.2 Å². The topological polar surface area (TPSA) is 98.3 Å². The maximum Gasteiger partial charge on any atom is 0.259 e. The van der Waals surface area contributed by atoms with Gasteiger partial charge in [0.2, 0.25) is 10.3 Å². The van der Waals surface area contributed by atoms with Crippen molar-refractivity contribution >= 4 is 39.1 Å². The van der Waals surface area contributed by atoms with Gasteiger partial charge in [0, 0.05) is 31.1 Å². The number of ether oxygens (including phenoxy) is 2. The second-order valence-electron chi connectivity index (χ2n) is 6.10. The average molecular weight is 452 g/mol. The van der Waals surface area contributed by atoms with Crippen LogP contribution in [0.1, 0.15) is 16.1 Å². The number of rotatable bonds is 8. The zero-order valence-corrected chi connectivity index (χ0v) is 18.0. The Morgan fingerprint density at radius 3 is 2.77 bits per heavy atom. The number of aryl methyl sites for hydroxylation is 1. The molecule has 0 aliphatic heterocycles. The van der Waals surface area contributed by atoms with Crippen LogP contribution in [-0.2, 0) is 4.74 Å². The lowest BCUT2D eigenvalue weighted by atomic mass is 9.98. The van der Waals surface area contributed by atoms with Gasteiger partial charge in [-0.1, -0.05) is 22.9 Å². The molecule has 0 radical (unpaired) electrons. The largest absolute Gasteiger partial charge is 0.496 e. The first-order valence-electron chi connectivity index (χ1n) is 8.81. The smallest absolute Gasteiger partial charge is 0.259 e. The van der Waals surface area contributed by atoms with Crippen LogP contribution in [0.3, 0.4) is 0 Å². The number of anilines is 2. The number of amides is 1. The maximum atomic E-state index is 14.9. The lowest BCUT2D eigenvalue weighted by Crippen LogP contribution is -2.14. The molecule has 0 saturated heterocycles. The van der Waals surface area contributed by atoms with Gasteiger partial charge in [0.1, 0.15) is 5.75 Å². The van der Waals surface area contributed by atoms with Crippen LogP contribution in [0.15, 0.2) is 24.4 Å². The molecular formula is C19H19ClFN5O3S. The third-order valence-corrected chi connectivity index (χ3v) is 5.15. The van der Waals surface area contributed by atoms with E-state index < -0.39 is 11.7 Å². The fourth-order valence-corrected chi connectivity index (χ4v) is 3.49. The van der Waals surface area contributed by atoms with Crippen LogP contribution in [0.2, 0.25) is 5.02 Å². The Morgan fingerprint density at radius 2 is 2.03 bits per heavy atom. The minimum atomic E-state index is -0.684. The lowest BCUT2D eigenvalue weighted by Gasteiger charge is -2.14. The summed E-state index contributed by atoms with van der Waals surface area (Å²) in [5.41, 5.74) is 1.13. The molecule has 2 heterocycles. The number of carbonyl (C=O) groups excluding carboxylic acids is 1. The molecular weight excluding hydrogens is 433 g/mol. The van der Waals surface area contributed by atoms with Crippen LogP contribution in [0, 0.1) is 12.7 Å². The van der Waals surface area contributed by atoms with Crippen molar-refractivity contribution in [2.45, 2.75) is 6.92 Å². The van der Waals surface area contributed by atoms with Crippen molar-refractivity contribution in [3.63, 3.8) is 0 Å². The third kappa shape index (κ3) is 4.84. The number of nitrogens with one attached hydrogen (secondary N) is 2. The minimum absolute atomic E-state index is 0.0810. The number of hydrogen-bond acceptors (Lipinski definition) is 8. The van der Waals surface area contributed by atoms with Gasteiger partial charge in [0.05, 0.1) is 29.9 Å². The number of nitrogens with zero attached hydrogens (tertiary/aromatic N) is 3. The first-order chi connectivity index (χ1) is 14.4. The highest BCUT2D eigenvalue weighted by Crippen LogP contribution is 2.38. The zero-order valence-electron chi connectivity index (χ0n) is 16.5. The van der Waals surface area contributed by atoms with Crippen molar-refractivity contribution in [3.05, 3.63) is 46.5 Å². The SMILES string of the molecule is COCCNc1nnc(NC(=O)c2cnc(C)cc2-c2c(OC)ccc(Cl)c2F)s1. The molecule has 30 heavy (non-hydrogen) atoms. The number of hydrogen-bond donors (Lipinski definition) is 2. The first-order valence-corrected chi connectivity index (χ1v) is 10.0. The molecule has 0 unspecified atom stereocenters. The molecule has 0 aliphatic carbocycles. The molecule has 3 rings (SSSR count). The van der Waals surface area contributed by atoms with Crippen molar-refractivity contribution in [3.8, 4) is 16.9 Å². The van der Waals surface area contributed by atoms with Crippen LogP contribution < -0.4 is 15.4 Å². The predicted molar refractivity (Wildman–Crippen MR) is 114 cm³/mol. The van der Waals surface area contributed by atoms with Gasteiger partial charge >= 0.3 is 0 Å². The first kappa shape index (κ1) is 21.9. The monoisotopic (exact) mass is 451 g/mol. The second kappa shape index (κ2) is 9.79. The Kier molecular flexibility index (Phi) is 7.14. The van der Waals surface area contributed by atoms with Gasteiger partial charge in [-0.2, -0.15) is 0 Å². The highest BCUT2D eigenvalue weighted by atomic mass is 35.5. The zero-order chi connectivity index (χ0) is 21.7. The lowest BCUT2D eigenvalue weighted by molar-refractivity contribution is 0.102. The summed E-state index contributed by atoms with van der Waals surface area (Å²) in [6, 6.07) is 4.54. The van der Waals surface area contributed by atoms with Crippen molar-refractivity contribution in [2.24, 2.45) is 0 Å². The molecule has 2 N–H and O–H groups in total. The van der Waals surface area contributed by atoms with Crippen LogP contribution in [0.4, 0.5) is 14.7 Å². The van der Waals surface area contributed by atoms with Gasteiger partial charge in [-0.05, 0) is 25.1 Å². The summed E-state index contributed by atoms with van der Waals surface area (Å²) in [5.74, 6) is -0.952. The Labute approximate surface area is 181 Å². The summed E-state index contributed by atoms with van der Waals surface area (Å²) < 4.78 is 25.1. The normalized spacial score (nSPS) is 10.7. The average Bonchev–Trinajstić information content (AvgIpc) is 3.17. The third-order valence-electron chi connectivity index (χ3n) is 4.06. The van der Waals surface area contributed by atoms with Crippen LogP contribution in [0.25, 0.3) is 11.1 Å². The molecule has 0 aliphatic rings. The predicted octanol–water partition coefficient (Wildman–Crippen LogP) is 4.02. The van der Waals surface area contributed by atoms with E-state index in [1.165, 1.54) is 19.4 Å². The maximum absolute atomic E-state index is 14.9. The highest BCUT2D eigenvalue weighted by Gasteiger charge is 2.22. The van der Waals surface area contributed by atoms with Gasteiger partial charge in [0.15, 0.2) is 5.82 Å². The minimum Gasteiger partial charge on any atom is -0.496 e. The number of halogens is 2. The van der Waals surface area contributed by atoms with Crippen LogP contribution in [0.5, 0.6) is 5.75 Å². The van der Waals surface area contributed by atoms with Gasteiger partial charge in [-0.25, -0.2) is 4.39 Å². The van der Waals surface area contributed by atoms with E-state index in [1.54, 1.807) is 26.2 Å². The Morgan fingerprint density at radius 1 is 1.27 bits per heavy atom. The molecule has 0 atom stereocenters. The molecule has 0 fully saturated rings. The molecule has 2 aromatic heterocycles. The van der Waals surface area contributed by atoms with Crippen molar-refractivity contribution in [1.29, 1.82) is 0 Å². The second-order valence-corrected chi connectivity index (χ2v) is 7.48. The molecule has 1 aromatic carbocycles. The molecule has 3 aromatic rings. The van der Waals surface area contributed by atoms with Crippen molar-refractivity contribution in [2.75, 3.05) is 38.0 Å². The van der Waals surface area contributed by atoms with Crippen LogP contribution in [-0.4, -0.2) is 48.5 Å². The number of aromatic nitrogens is 3. The van der Waals surface area contributed by atoms with E-state index >= 15 is 0 Å². The van der Waals surface area contributed by atoms with E-state index in [-0.39, 0.29) is 27.0 Å². The summed E-state index contributed by atoms with van der Waals surface area (Å²) in [5, 5.41) is 14.3. The number of carbonyl (C=O) groups is 1. The quantitative estimate of drug-likeness (QED) is 0.499. The van der Waals surface area contributed by atoms with E-state index in [1.807, 2.05) is 0 Å². The molecule has 8 nitrogen and oxygen atoms in total. The van der Waals surface area contributed by atoms with E-state index in [0.717, 1.165) is 11.3 Å². The Hall–Kier alpha value is -2.82. The Balaban J connectivity index is 1.93. The van der Waals surface area contributed by atoms with E-state index in [2.05, 4.69) is 25.8 Å². The van der Waals surface area contributed by atoms with Crippen LogP contribution >= 0.6 is 22.9 Å². The fraction of sp³-hybridized carbons (Fsp3) is 0.263. The highest BCUT2D eigenvalue weighted by molar-refractivity contribution is 7.19. The summed E-state index contributed by atoms with van der Waals surface area (Å²) in [7, 11) is 3.01. The Bertz CT molecular complexity index is 1060. The summed E-state index contributed by atoms with van der Waals surface area (Å²) in [6.45, 7) is 2.80. The summed E-state index contributed by atoms with van der Waals surface area (Å²) in [4.78, 5) is 17.1.